The number of benzene rings is 2. The van der Waals surface area contributed by atoms with Crippen molar-refractivity contribution in [3.05, 3.63) is 70.0 Å². The van der Waals surface area contributed by atoms with Crippen LogP contribution in [0.3, 0.4) is 0 Å². The molecule has 3 rings (SSSR count). The third kappa shape index (κ3) is 4.07. The number of nitrogens with one attached hydrogen (secondary N) is 2. The molecule has 0 saturated carbocycles. The third-order valence-electron chi connectivity index (χ3n) is 4.80. The van der Waals surface area contributed by atoms with Crippen LogP contribution < -0.4 is 15.1 Å². The van der Waals surface area contributed by atoms with Gasteiger partial charge >= 0.3 is 0 Å². The number of aromatic nitrogens is 1. The minimum atomic E-state index is -3.91. The SMILES string of the molecule is COCCNC(=O)c1c[nH]c2ccc(S(=O)(=O)N(C)c3ccccc3C)cc2c1=O. The molecule has 1 heterocycles. The number of sulfonamides is 1. The molecule has 3 aromatic rings. The number of aryl methyl sites for hydroxylation is 1. The monoisotopic (exact) mass is 429 g/mol. The smallest absolute Gasteiger partial charge is 0.264 e. The number of carbonyl (C=O) groups excluding carboxylic acids is 1. The van der Waals surface area contributed by atoms with E-state index in [1.807, 2.05) is 19.1 Å². The molecule has 0 spiro atoms. The van der Waals surface area contributed by atoms with Crippen molar-refractivity contribution in [2.24, 2.45) is 0 Å². The van der Waals surface area contributed by atoms with Crippen LogP contribution in [0.2, 0.25) is 0 Å². The number of methoxy groups -OCH3 is 1. The molecule has 0 atom stereocenters. The number of amides is 1. The molecule has 2 N–H and O–H groups in total. The first-order chi connectivity index (χ1) is 14.3. The van der Waals surface area contributed by atoms with Crippen LogP contribution in [-0.4, -0.2) is 46.6 Å². The second kappa shape index (κ2) is 8.68. The van der Waals surface area contributed by atoms with Crippen molar-refractivity contribution in [3.8, 4) is 0 Å². The van der Waals surface area contributed by atoms with Crippen molar-refractivity contribution in [2.45, 2.75) is 11.8 Å². The molecule has 0 saturated heterocycles. The number of fused-ring (bicyclic) bond motifs is 1. The summed E-state index contributed by atoms with van der Waals surface area (Å²) in [6.07, 6.45) is 1.32. The molecule has 0 unspecified atom stereocenters. The maximum atomic E-state index is 13.2. The van der Waals surface area contributed by atoms with E-state index in [9.17, 15) is 18.0 Å². The molecule has 1 aromatic heterocycles. The third-order valence-corrected chi connectivity index (χ3v) is 6.57. The van der Waals surface area contributed by atoms with Gasteiger partial charge < -0.3 is 15.0 Å². The zero-order valence-electron chi connectivity index (χ0n) is 16.9. The Labute approximate surface area is 174 Å². The molecular weight excluding hydrogens is 406 g/mol. The Balaban J connectivity index is 2.03. The van der Waals surface area contributed by atoms with E-state index in [1.165, 1.54) is 42.9 Å². The van der Waals surface area contributed by atoms with E-state index in [-0.39, 0.29) is 22.4 Å². The molecule has 0 bridgehead atoms. The fourth-order valence-corrected chi connectivity index (χ4v) is 4.38. The lowest BCUT2D eigenvalue weighted by atomic mass is 10.1. The summed E-state index contributed by atoms with van der Waals surface area (Å²) in [5.41, 5.74) is 1.13. The van der Waals surface area contributed by atoms with Gasteiger partial charge in [-0.05, 0) is 36.8 Å². The zero-order chi connectivity index (χ0) is 21.9. The second-order valence-electron chi connectivity index (χ2n) is 6.75. The van der Waals surface area contributed by atoms with Crippen LogP contribution in [0, 0.1) is 6.92 Å². The Hall–Kier alpha value is -3.17. The fraction of sp³-hybridized carbons (Fsp3) is 0.238. The molecule has 0 aliphatic heterocycles. The Kier molecular flexibility index (Phi) is 6.23. The van der Waals surface area contributed by atoms with Gasteiger partial charge in [0.1, 0.15) is 5.56 Å². The average Bonchev–Trinajstić information content (AvgIpc) is 2.73. The molecule has 158 valence electrons. The molecule has 9 heteroatoms. The largest absolute Gasteiger partial charge is 0.383 e. The molecule has 8 nitrogen and oxygen atoms in total. The van der Waals surface area contributed by atoms with Crippen molar-refractivity contribution < 1.29 is 17.9 Å². The van der Waals surface area contributed by atoms with Crippen molar-refractivity contribution in [2.75, 3.05) is 31.6 Å². The number of aromatic amines is 1. The van der Waals surface area contributed by atoms with Gasteiger partial charge in [0.05, 0.1) is 17.2 Å². The van der Waals surface area contributed by atoms with Gasteiger partial charge in [0, 0.05) is 37.8 Å². The highest BCUT2D eigenvalue weighted by Crippen LogP contribution is 2.26. The first-order valence-electron chi connectivity index (χ1n) is 9.24. The number of nitrogens with zero attached hydrogens (tertiary/aromatic N) is 1. The van der Waals surface area contributed by atoms with Crippen LogP contribution >= 0.6 is 0 Å². The van der Waals surface area contributed by atoms with E-state index >= 15 is 0 Å². The molecule has 0 aliphatic rings. The van der Waals surface area contributed by atoms with Crippen LogP contribution in [0.25, 0.3) is 10.9 Å². The topological polar surface area (TPSA) is 109 Å². The summed E-state index contributed by atoms with van der Waals surface area (Å²) < 4.78 is 32.4. The van der Waals surface area contributed by atoms with E-state index in [0.717, 1.165) is 5.56 Å². The van der Waals surface area contributed by atoms with E-state index in [1.54, 1.807) is 12.1 Å². The van der Waals surface area contributed by atoms with Crippen LogP contribution in [0.4, 0.5) is 5.69 Å². The summed E-state index contributed by atoms with van der Waals surface area (Å²) in [5.74, 6) is -0.555. The summed E-state index contributed by atoms with van der Waals surface area (Å²) in [4.78, 5) is 28.0. The molecule has 2 aromatic carbocycles. The normalized spacial score (nSPS) is 11.4. The highest BCUT2D eigenvalue weighted by molar-refractivity contribution is 7.92. The average molecular weight is 429 g/mol. The van der Waals surface area contributed by atoms with Gasteiger partial charge in [-0.15, -0.1) is 0 Å². The minimum Gasteiger partial charge on any atom is -0.383 e. The Morgan fingerprint density at radius 1 is 1.20 bits per heavy atom. The Morgan fingerprint density at radius 2 is 1.93 bits per heavy atom. The maximum Gasteiger partial charge on any atom is 0.264 e. The lowest BCUT2D eigenvalue weighted by Crippen LogP contribution is -2.31. The van der Waals surface area contributed by atoms with Crippen LogP contribution in [0.1, 0.15) is 15.9 Å². The van der Waals surface area contributed by atoms with E-state index in [2.05, 4.69) is 10.3 Å². The number of ether oxygens (including phenoxy) is 1. The molecule has 30 heavy (non-hydrogen) atoms. The van der Waals surface area contributed by atoms with Gasteiger partial charge in [-0.2, -0.15) is 0 Å². The van der Waals surface area contributed by atoms with Gasteiger partial charge in [-0.25, -0.2) is 8.42 Å². The van der Waals surface area contributed by atoms with Gasteiger partial charge in [0.15, 0.2) is 0 Å². The van der Waals surface area contributed by atoms with Crippen molar-refractivity contribution >= 4 is 32.5 Å². The zero-order valence-corrected chi connectivity index (χ0v) is 17.7. The summed E-state index contributed by atoms with van der Waals surface area (Å²) in [5, 5.41) is 2.70. The number of hydrogen-bond donors (Lipinski definition) is 2. The summed E-state index contributed by atoms with van der Waals surface area (Å²) in [6.45, 7) is 2.38. The molecule has 0 radical (unpaired) electrons. The highest BCUT2D eigenvalue weighted by Gasteiger charge is 2.23. The number of hydrogen-bond acceptors (Lipinski definition) is 5. The van der Waals surface area contributed by atoms with Gasteiger partial charge in [-0.1, -0.05) is 18.2 Å². The number of para-hydroxylation sites is 1. The molecule has 0 fully saturated rings. The summed E-state index contributed by atoms with van der Waals surface area (Å²) in [6, 6.07) is 11.4. The Bertz CT molecular complexity index is 1250. The molecule has 0 aliphatic carbocycles. The maximum absolute atomic E-state index is 13.2. The number of anilines is 1. The minimum absolute atomic E-state index is 0.0387. The number of pyridine rings is 1. The molecule has 1 amide bonds. The predicted molar refractivity (Wildman–Crippen MR) is 116 cm³/mol. The van der Waals surface area contributed by atoms with E-state index in [0.29, 0.717) is 17.8 Å². The van der Waals surface area contributed by atoms with Gasteiger partial charge in [0.2, 0.25) is 5.43 Å². The number of carbonyl (C=O) groups is 1. The lowest BCUT2D eigenvalue weighted by molar-refractivity contribution is 0.0936. The fourth-order valence-electron chi connectivity index (χ4n) is 3.09. The quantitative estimate of drug-likeness (QED) is 0.559. The highest BCUT2D eigenvalue weighted by atomic mass is 32.2. The first-order valence-corrected chi connectivity index (χ1v) is 10.7. The van der Waals surface area contributed by atoms with Gasteiger partial charge in [0.25, 0.3) is 15.9 Å². The number of rotatable bonds is 7. The van der Waals surface area contributed by atoms with Crippen molar-refractivity contribution in [1.82, 2.24) is 10.3 Å². The summed E-state index contributed by atoms with van der Waals surface area (Å²) >= 11 is 0. The van der Waals surface area contributed by atoms with Gasteiger partial charge in [-0.3, -0.25) is 13.9 Å². The van der Waals surface area contributed by atoms with E-state index in [4.69, 9.17) is 4.74 Å². The standard InChI is InChI=1S/C21H23N3O5S/c1-14-6-4-5-7-19(14)24(2)30(27,28)15-8-9-18-16(12-15)20(25)17(13-23-18)21(26)22-10-11-29-3/h4-9,12-13H,10-11H2,1-3H3,(H,22,26)(H,23,25). The summed E-state index contributed by atoms with van der Waals surface area (Å²) in [7, 11) is -0.941. The number of H-pyrrole nitrogens is 1. The van der Waals surface area contributed by atoms with E-state index < -0.39 is 21.4 Å². The first kappa shape index (κ1) is 21.5. The Morgan fingerprint density at radius 3 is 2.63 bits per heavy atom. The van der Waals surface area contributed by atoms with Crippen molar-refractivity contribution in [1.29, 1.82) is 0 Å². The van der Waals surface area contributed by atoms with Crippen molar-refractivity contribution in [3.63, 3.8) is 0 Å². The molecular formula is C21H23N3O5S. The second-order valence-corrected chi connectivity index (χ2v) is 8.72. The van der Waals surface area contributed by atoms with Crippen LogP contribution in [0.5, 0.6) is 0 Å². The van der Waals surface area contributed by atoms with Crippen LogP contribution in [0.15, 0.2) is 58.4 Å². The predicted octanol–water partition coefficient (Wildman–Crippen LogP) is 2.04. The lowest BCUT2D eigenvalue weighted by Gasteiger charge is -2.21. The van der Waals surface area contributed by atoms with Crippen LogP contribution in [-0.2, 0) is 14.8 Å².